The molecular formula is C16H23N3O2. The summed E-state index contributed by atoms with van der Waals surface area (Å²) in [6.45, 7) is 4.75. The zero-order chi connectivity index (χ0) is 15.4. The fraction of sp³-hybridized carbons (Fsp3) is 0.500. The molecule has 2 atom stereocenters. The third kappa shape index (κ3) is 3.97. The van der Waals surface area contributed by atoms with Crippen LogP contribution in [-0.2, 0) is 9.59 Å². The maximum absolute atomic E-state index is 12.6. The van der Waals surface area contributed by atoms with Gasteiger partial charge in [-0.25, -0.2) is 0 Å². The summed E-state index contributed by atoms with van der Waals surface area (Å²) in [5, 5.41) is 2.90. The van der Waals surface area contributed by atoms with E-state index < -0.39 is 0 Å². The van der Waals surface area contributed by atoms with Crippen LogP contribution in [0.3, 0.4) is 0 Å². The monoisotopic (exact) mass is 289 g/mol. The van der Waals surface area contributed by atoms with Gasteiger partial charge < -0.3 is 16.0 Å². The molecular weight excluding hydrogens is 266 g/mol. The van der Waals surface area contributed by atoms with E-state index in [1.165, 1.54) is 6.92 Å². The van der Waals surface area contributed by atoms with Crippen molar-refractivity contribution in [1.82, 2.24) is 10.2 Å². The highest BCUT2D eigenvalue weighted by Crippen LogP contribution is 2.22. The topological polar surface area (TPSA) is 75.4 Å². The molecule has 1 aliphatic heterocycles. The van der Waals surface area contributed by atoms with Gasteiger partial charge in [0.1, 0.15) is 0 Å². The van der Waals surface area contributed by atoms with Crippen molar-refractivity contribution in [1.29, 1.82) is 0 Å². The lowest BCUT2D eigenvalue weighted by molar-refractivity contribution is -0.134. The molecule has 5 heteroatoms. The predicted octanol–water partition coefficient (Wildman–Crippen LogP) is 1.50. The molecule has 5 nitrogen and oxygen atoms in total. The van der Waals surface area contributed by atoms with E-state index in [-0.39, 0.29) is 23.8 Å². The quantitative estimate of drug-likeness (QED) is 0.828. The molecule has 0 bridgehead atoms. The minimum atomic E-state index is -0.218. The lowest BCUT2D eigenvalue weighted by atomic mass is 9.97. The first-order valence-corrected chi connectivity index (χ1v) is 7.38. The Balaban J connectivity index is 2.03. The number of benzene rings is 1. The van der Waals surface area contributed by atoms with E-state index in [2.05, 4.69) is 5.32 Å². The number of likely N-dealkylation sites (tertiary alicyclic amines) is 1. The minimum Gasteiger partial charge on any atom is -0.399 e. The van der Waals surface area contributed by atoms with Crippen LogP contribution in [0.2, 0.25) is 0 Å². The SMILES string of the molecule is CC(=O)NC1CCCN(C(=O)C(C)c2cccc(N)c2)C1. The van der Waals surface area contributed by atoms with Crippen molar-refractivity contribution < 1.29 is 9.59 Å². The van der Waals surface area contributed by atoms with Crippen LogP contribution in [0.15, 0.2) is 24.3 Å². The van der Waals surface area contributed by atoms with Crippen molar-refractivity contribution in [2.45, 2.75) is 38.6 Å². The number of amides is 2. The smallest absolute Gasteiger partial charge is 0.229 e. The van der Waals surface area contributed by atoms with E-state index >= 15 is 0 Å². The van der Waals surface area contributed by atoms with Crippen LogP contribution < -0.4 is 11.1 Å². The highest BCUT2D eigenvalue weighted by molar-refractivity contribution is 5.84. The Morgan fingerprint density at radius 3 is 2.86 bits per heavy atom. The summed E-state index contributed by atoms with van der Waals surface area (Å²) in [4.78, 5) is 25.6. The van der Waals surface area contributed by atoms with Crippen molar-refractivity contribution in [3.8, 4) is 0 Å². The molecule has 2 unspecified atom stereocenters. The fourth-order valence-electron chi connectivity index (χ4n) is 2.83. The van der Waals surface area contributed by atoms with E-state index in [0.29, 0.717) is 12.2 Å². The fourth-order valence-corrected chi connectivity index (χ4v) is 2.83. The van der Waals surface area contributed by atoms with Gasteiger partial charge in [0.25, 0.3) is 0 Å². The number of nitrogens with two attached hydrogens (primary N) is 1. The Kier molecular flexibility index (Phi) is 4.83. The number of piperidine rings is 1. The number of nitrogen functional groups attached to an aromatic ring is 1. The predicted molar refractivity (Wildman–Crippen MR) is 82.7 cm³/mol. The number of nitrogens with zero attached hydrogens (tertiary/aromatic N) is 1. The average molecular weight is 289 g/mol. The Morgan fingerprint density at radius 2 is 2.19 bits per heavy atom. The first kappa shape index (κ1) is 15.4. The van der Waals surface area contributed by atoms with Crippen LogP contribution in [0.1, 0.15) is 38.2 Å². The third-order valence-electron chi connectivity index (χ3n) is 3.92. The molecule has 1 aromatic rings. The number of rotatable bonds is 3. The first-order valence-electron chi connectivity index (χ1n) is 7.38. The summed E-state index contributed by atoms with van der Waals surface area (Å²) >= 11 is 0. The Hall–Kier alpha value is -2.04. The molecule has 0 spiro atoms. The van der Waals surface area contributed by atoms with Crippen molar-refractivity contribution in [3.05, 3.63) is 29.8 Å². The molecule has 1 aromatic carbocycles. The van der Waals surface area contributed by atoms with Gasteiger partial charge in [0.2, 0.25) is 11.8 Å². The highest BCUT2D eigenvalue weighted by atomic mass is 16.2. The van der Waals surface area contributed by atoms with Crippen molar-refractivity contribution in [2.75, 3.05) is 18.8 Å². The summed E-state index contributed by atoms with van der Waals surface area (Å²) < 4.78 is 0. The molecule has 0 saturated carbocycles. The summed E-state index contributed by atoms with van der Waals surface area (Å²) in [6.07, 6.45) is 1.84. The van der Waals surface area contributed by atoms with Gasteiger partial charge in [-0.15, -0.1) is 0 Å². The van der Waals surface area contributed by atoms with Gasteiger partial charge >= 0.3 is 0 Å². The second-order valence-electron chi connectivity index (χ2n) is 5.72. The number of nitrogens with one attached hydrogen (secondary N) is 1. The van der Waals surface area contributed by atoms with Gasteiger partial charge in [-0.1, -0.05) is 12.1 Å². The Bertz CT molecular complexity index is 530. The summed E-state index contributed by atoms with van der Waals surface area (Å²) in [5.41, 5.74) is 7.38. The number of carbonyl (C=O) groups is 2. The Morgan fingerprint density at radius 1 is 1.43 bits per heavy atom. The van der Waals surface area contributed by atoms with Gasteiger partial charge in [-0.2, -0.15) is 0 Å². The van der Waals surface area contributed by atoms with E-state index in [9.17, 15) is 9.59 Å². The summed E-state index contributed by atoms with van der Waals surface area (Å²) in [5.74, 6) is -0.168. The second-order valence-corrected chi connectivity index (χ2v) is 5.72. The molecule has 0 radical (unpaired) electrons. The molecule has 2 amide bonds. The zero-order valence-electron chi connectivity index (χ0n) is 12.6. The normalized spacial score (nSPS) is 19.9. The zero-order valence-corrected chi connectivity index (χ0v) is 12.6. The molecule has 1 fully saturated rings. The number of anilines is 1. The standard InChI is InChI=1S/C16H23N3O2/c1-11(13-5-3-6-14(17)9-13)16(21)19-8-4-7-15(10-19)18-12(2)20/h3,5-6,9,11,15H,4,7-8,10,17H2,1-2H3,(H,18,20). The molecule has 0 aliphatic carbocycles. The molecule has 0 aromatic heterocycles. The lowest BCUT2D eigenvalue weighted by Crippen LogP contribution is -2.50. The molecule has 21 heavy (non-hydrogen) atoms. The van der Waals surface area contributed by atoms with Crippen LogP contribution in [-0.4, -0.2) is 35.8 Å². The molecule has 3 N–H and O–H groups in total. The van der Waals surface area contributed by atoms with Crippen LogP contribution in [0.4, 0.5) is 5.69 Å². The summed E-state index contributed by atoms with van der Waals surface area (Å²) in [6, 6.07) is 7.51. The first-order chi connectivity index (χ1) is 9.97. The van der Waals surface area contributed by atoms with Gasteiger partial charge in [0.15, 0.2) is 0 Å². The molecule has 114 valence electrons. The third-order valence-corrected chi connectivity index (χ3v) is 3.92. The second kappa shape index (κ2) is 6.61. The highest BCUT2D eigenvalue weighted by Gasteiger charge is 2.27. The van der Waals surface area contributed by atoms with E-state index in [0.717, 1.165) is 24.9 Å². The van der Waals surface area contributed by atoms with Crippen molar-refractivity contribution in [2.24, 2.45) is 0 Å². The average Bonchev–Trinajstić information content (AvgIpc) is 2.45. The molecule has 1 aliphatic rings. The van der Waals surface area contributed by atoms with Crippen LogP contribution in [0, 0.1) is 0 Å². The van der Waals surface area contributed by atoms with Crippen LogP contribution in [0.5, 0.6) is 0 Å². The molecule has 2 rings (SSSR count). The van der Waals surface area contributed by atoms with E-state index in [1.807, 2.05) is 36.1 Å². The van der Waals surface area contributed by atoms with Crippen molar-refractivity contribution >= 4 is 17.5 Å². The van der Waals surface area contributed by atoms with Gasteiger partial charge in [-0.3, -0.25) is 9.59 Å². The maximum atomic E-state index is 12.6. The number of hydrogen-bond donors (Lipinski definition) is 2. The van der Waals surface area contributed by atoms with E-state index in [1.54, 1.807) is 0 Å². The largest absolute Gasteiger partial charge is 0.399 e. The van der Waals surface area contributed by atoms with Crippen LogP contribution in [0.25, 0.3) is 0 Å². The number of carbonyl (C=O) groups excluding carboxylic acids is 2. The molecule has 1 saturated heterocycles. The van der Waals surface area contributed by atoms with Gasteiger partial charge in [-0.05, 0) is 37.5 Å². The lowest BCUT2D eigenvalue weighted by Gasteiger charge is -2.34. The van der Waals surface area contributed by atoms with Crippen LogP contribution >= 0.6 is 0 Å². The van der Waals surface area contributed by atoms with Gasteiger partial charge in [0, 0.05) is 31.7 Å². The molecule has 1 heterocycles. The Labute approximate surface area is 125 Å². The summed E-state index contributed by atoms with van der Waals surface area (Å²) in [7, 11) is 0. The minimum absolute atomic E-state index is 0.0434. The maximum Gasteiger partial charge on any atom is 0.229 e. The van der Waals surface area contributed by atoms with Gasteiger partial charge in [0.05, 0.1) is 5.92 Å². The number of hydrogen-bond acceptors (Lipinski definition) is 3. The van der Waals surface area contributed by atoms with Crippen molar-refractivity contribution in [3.63, 3.8) is 0 Å². The van der Waals surface area contributed by atoms with E-state index in [4.69, 9.17) is 5.73 Å².